The van der Waals surface area contributed by atoms with Gasteiger partial charge < -0.3 is 4.90 Å². The van der Waals surface area contributed by atoms with Crippen LogP contribution in [0.2, 0.25) is 0 Å². The van der Waals surface area contributed by atoms with Crippen LogP contribution in [0.4, 0.5) is 4.39 Å². The van der Waals surface area contributed by atoms with Gasteiger partial charge >= 0.3 is 0 Å². The van der Waals surface area contributed by atoms with Crippen molar-refractivity contribution in [3.63, 3.8) is 0 Å². The molecule has 1 unspecified atom stereocenters. The molecule has 1 amide bonds. The van der Waals surface area contributed by atoms with E-state index in [0.717, 1.165) is 18.9 Å². The highest BCUT2D eigenvalue weighted by atomic mass is 32.2. The minimum Gasteiger partial charge on any atom is -0.338 e. The van der Waals surface area contributed by atoms with Crippen LogP contribution in [0.1, 0.15) is 23.2 Å². The fraction of sp³-hybridized carbons (Fsp3) is 0.500. The summed E-state index contributed by atoms with van der Waals surface area (Å²) < 4.78 is 36.8. The summed E-state index contributed by atoms with van der Waals surface area (Å²) in [6, 6.07) is 2.52. The molecule has 1 aromatic heterocycles. The molecule has 1 aliphatic heterocycles. The first-order valence-corrected chi connectivity index (χ1v) is 8.08. The van der Waals surface area contributed by atoms with E-state index in [1.165, 1.54) is 12.3 Å². The molecule has 1 aliphatic rings. The van der Waals surface area contributed by atoms with Crippen LogP contribution in [0.5, 0.6) is 0 Å². The number of hydrogen-bond donors (Lipinski definition) is 2. The van der Waals surface area contributed by atoms with Crippen molar-refractivity contribution in [1.29, 1.82) is 0 Å². The Bertz CT molecular complexity index is 605. The molecule has 9 heteroatoms. The van der Waals surface area contributed by atoms with Gasteiger partial charge in [0.05, 0.1) is 5.56 Å². The van der Waals surface area contributed by atoms with E-state index in [1.54, 1.807) is 4.90 Å². The van der Waals surface area contributed by atoms with Crippen molar-refractivity contribution in [2.24, 2.45) is 11.1 Å². The van der Waals surface area contributed by atoms with E-state index >= 15 is 0 Å². The maximum Gasteiger partial charge on any atom is 0.274 e. The molecule has 1 atom stereocenters. The third-order valence-corrected chi connectivity index (χ3v) is 3.92. The lowest BCUT2D eigenvalue weighted by atomic mass is 9.98. The molecule has 3 N–H and O–H groups in total. The Morgan fingerprint density at radius 3 is 2.90 bits per heavy atom. The molecular formula is C12H17FN4O3S. The van der Waals surface area contributed by atoms with E-state index in [9.17, 15) is 17.6 Å². The first kappa shape index (κ1) is 15.8. The fourth-order valence-electron chi connectivity index (χ4n) is 2.34. The number of nitrogens with zero attached hydrogens (tertiary/aromatic N) is 2. The van der Waals surface area contributed by atoms with E-state index in [2.05, 4.69) is 9.71 Å². The van der Waals surface area contributed by atoms with Gasteiger partial charge in [-0.2, -0.15) is 12.8 Å². The standard InChI is InChI=1S/C12H17FN4O3S/c13-11-4-3-10(7-15-11)12(18)17-5-1-2-9(8-17)6-16-21(14,19)20/h3-4,7,9,16H,1-2,5-6,8H2,(H2,14,19,20). The van der Waals surface area contributed by atoms with Gasteiger partial charge in [0, 0.05) is 25.8 Å². The van der Waals surface area contributed by atoms with Crippen molar-refractivity contribution in [3.8, 4) is 0 Å². The molecular weight excluding hydrogens is 299 g/mol. The van der Waals surface area contributed by atoms with Gasteiger partial charge in [0.15, 0.2) is 0 Å². The van der Waals surface area contributed by atoms with Gasteiger partial charge in [-0.05, 0) is 30.9 Å². The summed E-state index contributed by atoms with van der Waals surface area (Å²) in [5.41, 5.74) is 0.316. The Kier molecular flexibility index (Phi) is 4.86. The SMILES string of the molecule is NS(=O)(=O)NCC1CCCN(C(=O)c2ccc(F)nc2)C1. The number of carbonyl (C=O) groups is 1. The van der Waals surface area contributed by atoms with Crippen molar-refractivity contribution >= 4 is 16.1 Å². The number of pyridine rings is 1. The van der Waals surface area contributed by atoms with Gasteiger partial charge in [-0.1, -0.05) is 0 Å². The second kappa shape index (κ2) is 6.46. The molecule has 1 fully saturated rings. The zero-order valence-corrected chi connectivity index (χ0v) is 12.1. The number of hydrogen-bond acceptors (Lipinski definition) is 4. The summed E-state index contributed by atoms with van der Waals surface area (Å²) in [7, 11) is -3.72. The van der Waals surface area contributed by atoms with E-state index < -0.39 is 16.2 Å². The van der Waals surface area contributed by atoms with E-state index in [0.29, 0.717) is 18.7 Å². The Hall–Kier alpha value is -1.58. The highest BCUT2D eigenvalue weighted by molar-refractivity contribution is 7.87. The smallest absolute Gasteiger partial charge is 0.274 e. The molecule has 0 aromatic carbocycles. The summed E-state index contributed by atoms with van der Waals surface area (Å²) in [5, 5.41) is 4.89. The average molecular weight is 316 g/mol. The van der Waals surface area contributed by atoms with Crippen LogP contribution in [0, 0.1) is 11.9 Å². The monoisotopic (exact) mass is 316 g/mol. The molecule has 7 nitrogen and oxygen atoms in total. The van der Waals surface area contributed by atoms with Gasteiger partial charge in [-0.15, -0.1) is 0 Å². The molecule has 2 rings (SSSR count). The normalized spacial score (nSPS) is 19.5. The molecule has 116 valence electrons. The number of likely N-dealkylation sites (tertiary alicyclic amines) is 1. The summed E-state index contributed by atoms with van der Waals surface area (Å²) in [6.07, 6.45) is 2.79. The summed E-state index contributed by atoms with van der Waals surface area (Å²) in [6.45, 7) is 1.21. The predicted octanol–water partition coefficient (Wildman–Crippen LogP) is -0.134. The maximum absolute atomic E-state index is 12.8. The zero-order valence-electron chi connectivity index (χ0n) is 11.3. The highest BCUT2D eigenvalue weighted by Gasteiger charge is 2.25. The van der Waals surface area contributed by atoms with Crippen LogP contribution in [0.3, 0.4) is 0 Å². The highest BCUT2D eigenvalue weighted by Crippen LogP contribution is 2.18. The van der Waals surface area contributed by atoms with Crippen molar-refractivity contribution < 1.29 is 17.6 Å². The minimum absolute atomic E-state index is 0.00873. The Labute approximate surface area is 122 Å². The molecule has 0 aliphatic carbocycles. The average Bonchev–Trinajstić information content (AvgIpc) is 2.45. The third kappa shape index (κ3) is 4.73. The molecule has 2 heterocycles. The van der Waals surface area contributed by atoms with Crippen molar-refractivity contribution in [1.82, 2.24) is 14.6 Å². The number of rotatable bonds is 4. The first-order chi connectivity index (χ1) is 9.85. The summed E-state index contributed by atoms with van der Waals surface area (Å²) >= 11 is 0. The number of carbonyl (C=O) groups excluding carboxylic acids is 1. The number of halogens is 1. The molecule has 0 spiro atoms. The fourth-order valence-corrected chi connectivity index (χ4v) is 2.80. The van der Waals surface area contributed by atoms with Crippen LogP contribution < -0.4 is 9.86 Å². The number of amides is 1. The first-order valence-electron chi connectivity index (χ1n) is 6.53. The molecule has 0 bridgehead atoms. The van der Waals surface area contributed by atoms with E-state index in [-0.39, 0.29) is 18.4 Å². The van der Waals surface area contributed by atoms with Crippen LogP contribution in [-0.4, -0.2) is 43.8 Å². The predicted molar refractivity (Wildman–Crippen MR) is 73.9 cm³/mol. The zero-order chi connectivity index (χ0) is 15.5. The Morgan fingerprint density at radius 1 is 1.52 bits per heavy atom. The topological polar surface area (TPSA) is 105 Å². The van der Waals surface area contributed by atoms with Gasteiger partial charge in [-0.3, -0.25) is 4.79 Å². The Morgan fingerprint density at radius 2 is 2.29 bits per heavy atom. The number of nitrogens with two attached hydrogens (primary N) is 1. The van der Waals surface area contributed by atoms with Crippen molar-refractivity contribution in [2.75, 3.05) is 19.6 Å². The summed E-state index contributed by atoms with van der Waals surface area (Å²) in [5.74, 6) is -0.863. The van der Waals surface area contributed by atoms with Gasteiger partial charge in [0.1, 0.15) is 0 Å². The molecule has 21 heavy (non-hydrogen) atoms. The quantitative estimate of drug-likeness (QED) is 0.755. The van der Waals surface area contributed by atoms with E-state index in [4.69, 9.17) is 5.14 Å². The number of nitrogens with one attached hydrogen (secondary N) is 1. The minimum atomic E-state index is -3.72. The van der Waals surface area contributed by atoms with E-state index in [1.807, 2.05) is 0 Å². The van der Waals surface area contributed by atoms with Crippen molar-refractivity contribution in [3.05, 3.63) is 29.8 Å². The number of piperidine rings is 1. The van der Waals surface area contributed by atoms with Crippen LogP contribution in [0.15, 0.2) is 18.3 Å². The van der Waals surface area contributed by atoms with Crippen LogP contribution in [0.25, 0.3) is 0 Å². The summed E-state index contributed by atoms with van der Waals surface area (Å²) in [4.78, 5) is 17.3. The largest absolute Gasteiger partial charge is 0.338 e. The third-order valence-electron chi connectivity index (χ3n) is 3.35. The van der Waals surface area contributed by atoms with Crippen LogP contribution >= 0.6 is 0 Å². The number of aromatic nitrogens is 1. The Balaban J connectivity index is 1.97. The van der Waals surface area contributed by atoms with Gasteiger partial charge in [0.2, 0.25) is 5.95 Å². The van der Waals surface area contributed by atoms with Gasteiger partial charge in [0.25, 0.3) is 16.1 Å². The lowest BCUT2D eigenvalue weighted by Crippen LogP contribution is -2.44. The second-order valence-corrected chi connectivity index (χ2v) is 6.40. The van der Waals surface area contributed by atoms with Crippen LogP contribution in [-0.2, 0) is 10.2 Å². The molecule has 1 saturated heterocycles. The molecule has 0 radical (unpaired) electrons. The lowest BCUT2D eigenvalue weighted by Gasteiger charge is -2.32. The lowest BCUT2D eigenvalue weighted by molar-refractivity contribution is 0.0676. The van der Waals surface area contributed by atoms with Crippen molar-refractivity contribution in [2.45, 2.75) is 12.8 Å². The molecule has 1 aromatic rings. The maximum atomic E-state index is 12.8. The second-order valence-electron chi connectivity index (χ2n) is 5.02. The molecule has 0 saturated carbocycles. The van der Waals surface area contributed by atoms with Gasteiger partial charge in [-0.25, -0.2) is 14.8 Å².